The van der Waals surface area contributed by atoms with Crippen molar-refractivity contribution in [2.75, 3.05) is 12.4 Å². The van der Waals surface area contributed by atoms with E-state index in [4.69, 9.17) is 21.1 Å². The molecular weight excluding hydrogens is 374 g/mol. The molecular formula is C23H20ClNO3. The Kier molecular flexibility index (Phi) is 6.71. The van der Waals surface area contributed by atoms with Crippen molar-refractivity contribution in [3.05, 3.63) is 95.0 Å². The standard InChI is InChI=1S/C23H20ClNO3/c1-27-22-14-17(10-12-21(22)28-16-18-6-3-2-4-7-18)11-13-23(26)25-20-9-5-8-19(24)15-20/h2-15H,16H2,1H3,(H,25,26)/b13-11+. The molecule has 0 aliphatic heterocycles. The predicted octanol–water partition coefficient (Wildman–Crippen LogP) is 5.58. The Morgan fingerprint density at radius 3 is 2.57 bits per heavy atom. The van der Waals surface area contributed by atoms with Crippen molar-refractivity contribution in [2.24, 2.45) is 0 Å². The second kappa shape index (κ2) is 9.62. The maximum Gasteiger partial charge on any atom is 0.248 e. The first kappa shape index (κ1) is 19.5. The van der Waals surface area contributed by atoms with Crippen LogP contribution in [0.1, 0.15) is 11.1 Å². The molecule has 0 fully saturated rings. The fraction of sp³-hybridized carbons (Fsp3) is 0.0870. The van der Waals surface area contributed by atoms with Crippen LogP contribution < -0.4 is 14.8 Å². The highest BCUT2D eigenvalue weighted by atomic mass is 35.5. The number of amides is 1. The highest BCUT2D eigenvalue weighted by Gasteiger charge is 2.06. The van der Waals surface area contributed by atoms with E-state index in [9.17, 15) is 4.79 Å². The molecule has 0 saturated carbocycles. The first-order valence-corrected chi connectivity index (χ1v) is 9.11. The van der Waals surface area contributed by atoms with Crippen molar-refractivity contribution in [2.45, 2.75) is 6.61 Å². The van der Waals surface area contributed by atoms with Crippen molar-refractivity contribution in [1.82, 2.24) is 0 Å². The van der Waals surface area contributed by atoms with Crippen LogP contribution in [-0.2, 0) is 11.4 Å². The quantitative estimate of drug-likeness (QED) is 0.533. The third kappa shape index (κ3) is 5.63. The normalized spacial score (nSPS) is 10.6. The molecule has 0 saturated heterocycles. The van der Waals surface area contributed by atoms with Gasteiger partial charge in [0.05, 0.1) is 7.11 Å². The molecule has 4 nitrogen and oxygen atoms in total. The average Bonchev–Trinajstić information content (AvgIpc) is 2.71. The summed E-state index contributed by atoms with van der Waals surface area (Å²) in [5.74, 6) is 1.01. The van der Waals surface area contributed by atoms with Crippen LogP contribution in [0.3, 0.4) is 0 Å². The molecule has 3 rings (SSSR count). The van der Waals surface area contributed by atoms with Gasteiger partial charge in [-0.1, -0.05) is 54.1 Å². The number of rotatable bonds is 7. The second-order valence-corrected chi connectivity index (χ2v) is 6.45. The van der Waals surface area contributed by atoms with E-state index in [0.717, 1.165) is 11.1 Å². The summed E-state index contributed by atoms with van der Waals surface area (Å²) in [5, 5.41) is 3.33. The zero-order chi connectivity index (χ0) is 19.8. The minimum atomic E-state index is -0.245. The van der Waals surface area contributed by atoms with E-state index < -0.39 is 0 Å². The number of halogens is 1. The predicted molar refractivity (Wildman–Crippen MR) is 113 cm³/mol. The van der Waals surface area contributed by atoms with Crippen molar-refractivity contribution in [3.63, 3.8) is 0 Å². The van der Waals surface area contributed by atoms with Crippen LogP contribution in [0.25, 0.3) is 6.08 Å². The van der Waals surface area contributed by atoms with Crippen molar-refractivity contribution < 1.29 is 14.3 Å². The lowest BCUT2D eigenvalue weighted by Crippen LogP contribution is -2.07. The Morgan fingerprint density at radius 2 is 1.82 bits per heavy atom. The number of anilines is 1. The van der Waals surface area contributed by atoms with Crippen LogP contribution in [0.2, 0.25) is 5.02 Å². The Hall–Kier alpha value is -3.24. The van der Waals surface area contributed by atoms with E-state index in [2.05, 4.69) is 5.32 Å². The maximum absolute atomic E-state index is 12.1. The monoisotopic (exact) mass is 393 g/mol. The molecule has 142 valence electrons. The molecule has 3 aromatic rings. The molecule has 0 spiro atoms. The van der Waals surface area contributed by atoms with E-state index in [-0.39, 0.29) is 5.91 Å². The SMILES string of the molecule is COc1cc(/C=C/C(=O)Nc2cccc(Cl)c2)ccc1OCc1ccccc1. The van der Waals surface area contributed by atoms with E-state index in [1.165, 1.54) is 6.08 Å². The molecule has 0 unspecified atom stereocenters. The van der Waals surface area contributed by atoms with Gasteiger partial charge < -0.3 is 14.8 Å². The Bertz CT molecular complexity index is 971. The van der Waals surface area contributed by atoms with Gasteiger partial charge in [0.2, 0.25) is 5.91 Å². The van der Waals surface area contributed by atoms with Gasteiger partial charge in [0.15, 0.2) is 11.5 Å². The summed E-state index contributed by atoms with van der Waals surface area (Å²) in [5.41, 5.74) is 2.54. The van der Waals surface area contributed by atoms with E-state index in [1.54, 1.807) is 37.5 Å². The second-order valence-electron chi connectivity index (χ2n) is 6.02. The minimum Gasteiger partial charge on any atom is -0.493 e. The van der Waals surface area contributed by atoms with Crippen molar-refractivity contribution >= 4 is 29.3 Å². The van der Waals surface area contributed by atoms with E-state index >= 15 is 0 Å². The summed E-state index contributed by atoms with van der Waals surface area (Å²) < 4.78 is 11.3. The molecule has 5 heteroatoms. The molecule has 0 atom stereocenters. The molecule has 0 heterocycles. The number of hydrogen-bond donors (Lipinski definition) is 1. The van der Waals surface area contributed by atoms with Crippen LogP contribution in [0.4, 0.5) is 5.69 Å². The van der Waals surface area contributed by atoms with Crippen LogP contribution in [0.5, 0.6) is 11.5 Å². The summed E-state index contributed by atoms with van der Waals surface area (Å²) in [6.45, 7) is 0.453. The zero-order valence-corrected chi connectivity index (χ0v) is 16.1. The van der Waals surface area contributed by atoms with Gasteiger partial charge in [-0.05, 0) is 47.5 Å². The molecule has 0 aromatic heterocycles. The van der Waals surface area contributed by atoms with Crippen LogP contribution in [0.15, 0.2) is 78.9 Å². The average molecular weight is 394 g/mol. The lowest BCUT2D eigenvalue weighted by molar-refractivity contribution is -0.111. The number of ether oxygens (including phenoxy) is 2. The Labute approximate surface area is 169 Å². The molecule has 3 aromatic carbocycles. The van der Waals surface area contributed by atoms with Gasteiger partial charge in [-0.25, -0.2) is 0 Å². The minimum absolute atomic E-state index is 0.245. The summed E-state index contributed by atoms with van der Waals surface area (Å²) in [6.07, 6.45) is 3.17. The summed E-state index contributed by atoms with van der Waals surface area (Å²) >= 11 is 5.92. The number of methoxy groups -OCH3 is 1. The maximum atomic E-state index is 12.1. The Morgan fingerprint density at radius 1 is 1.00 bits per heavy atom. The topological polar surface area (TPSA) is 47.6 Å². The van der Waals surface area contributed by atoms with Gasteiger partial charge in [-0.15, -0.1) is 0 Å². The first-order valence-electron chi connectivity index (χ1n) is 8.73. The third-order valence-electron chi connectivity index (χ3n) is 3.94. The van der Waals surface area contributed by atoms with Crippen LogP contribution in [-0.4, -0.2) is 13.0 Å². The van der Waals surface area contributed by atoms with E-state index in [1.807, 2.05) is 48.5 Å². The van der Waals surface area contributed by atoms with Gasteiger partial charge in [0, 0.05) is 16.8 Å². The lowest BCUT2D eigenvalue weighted by atomic mass is 10.2. The molecule has 0 bridgehead atoms. The molecule has 1 amide bonds. The number of benzene rings is 3. The number of carbonyl (C=O) groups is 1. The third-order valence-corrected chi connectivity index (χ3v) is 4.18. The van der Waals surface area contributed by atoms with E-state index in [0.29, 0.717) is 28.8 Å². The summed E-state index contributed by atoms with van der Waals surface area (Å²) in [4.78, 5) is 12.1. The first-order chi connectivity index (χ1) is 13.6. The fourth-order valence-corrected chi connectivity index (χ4v) is 2.75. The molecule has 28 heavy (non-hydrogen) atoms. The molecule has 0 aliphatic rings. The summed E-state index contributed by atoms with van der Waals surface area (Å²) in [7, 11) is 1.59. The van der Waals surface area contributed by atoms with Gasteiger partial charge >= 0.3 is 0 Å². The smallest absolute Gasteiger partial charge is 0.248 e. The van der Waals surface area contributed by atoms with Gasteiger partial charge in [-0.2, -0.15) is 0 Å². The number of hydrogen-bond acceptors (Lipinski definition) is 3. The molecule has 0 radical (unpaired) electrons. The van der Waals surface area contributed by atoms with Crippen molar-refractivity contribution in [3.8, 4) is 11.5 Å². The highest BCUT2D eigenvalue weighted by molar-refractivity contribution is 6.30. The lowest BCUT2D eigenvalue weighted by Gasteiger charge is -2.11. The zero-order valence-electron chi connectivity index (χ0n) is 15.4. The van der Waals surface area contributed by atoms with Crippen LogP contribution >= 0.6 is 11.6 Å². The van der Waals surface area contributed by atoms with Gasteiger partial charge in [0.1, 0.15) is 6.61 Å². The largest absolute Gasteiger partial charge is 0.493 e. The van der Waals surface area contributed by atoms with Crippen molar-refractivity contribution in [1.29, 1.82) is 0 Å². The number of nitrogens with one attached hydrogen (secondary N) is 1. The van der Waals surface area contributed by atoms with Gasteiger partial charge in [-0.3, -0.25) is 4.79 Å². The highest BCUT2D eigenvalue weighted by Crippen LogP contribution is 2.29. The molecule has 0 aliphatic carbocycles. The molecule has 1 N–H and O–H groups in total. The summed E-state index contributed by atoms with van der Waals surface area (Å²) in [6, 6.07) is 22.4. The Balaban J connectivity index is 1.64. The number of carbonyl (C=O) groups excluding carboxylic acids is 1. The fourth-order valence-electron chi connectivity index (χ4n) is 2.56. The van der Waals surface area contributed by atoms with Crippen LogP contribution in [0, 0.1) is 0 Å². The van der Waals surface area contributed by atoms with Gasteiger partial charge in [0.25, 0.3) is 0 Å².